The first kappa shape index (κ1) is 14.5. The summed E-state index contributed by atoms with van der Waals surface area (Å²) in [6.07, 6.45) is 3.33. The quantitative estimate of drug-likeness (QED) is 0.924. The maximum Gasteiger partial charge on any atom is 0.270 e. The monoisotopic (exact) mass is 297 g/mol. The van der Waals surface area contributed by atoms with Gasteiger partial charge in [-0.1, -0.05) is 0 Å². The number of piperidine rings is 1. The van der Waals surface area contributed by atoms with Gasteiger partial charge in [-0.15, -0.1) is 0 Å². The number of amides is 1. The van der Waals surface area contributed by atoms with Crippen LogP contribution in [-0.4, -0.2) is 47.0 Å². The van der Waals surface area contributed by atoms with Gasteiger partial charge in [0.2, 0.25) is 0 Å². The molecule has 1 N–H and O–H groups in total. The molecule has 2 aliphatic heterocycles. The number of carbonyl (C=O) groups excluding carboxylic acids is 1. The average molecular weight is 297 g/mol. The minimum Gasteiger partial charge on any atom is -0.338 e. The van der Waals surface area contributed by atoms with Crippen molar-refractivity contribution in [2.24, 2.45) is 0 Å². The molecule has 0 spiro atoms. The third-order valence-corrected chi connectivity index (χ3v) is 4.70. The van der Waals surface area contributed by atoms with Crippen LogP contribution in [0.1, 0.15) is 36.2 Å². The molecular weight excluding hydrogens is 276 g/mol. The maximum absolute atomic E-state index is 12.6. The highest BCUT2D eigenvalue weighted by molar-refractivity contribution is 5.92. The van der Waals surface area contributed by atoms with Crippen LogP contribution in [0.15, 0.2) is 18.3 Å². The Balaban J connectivity index is 1.71. The maximum atomic E-state index is 12.6. The molecule has 0 radical (unpaired) electrons. The molecule has 2 fully saturated rings. The van der Waals surface area contributed by atoms with E-state index >= 15 is 0 Å². The largest absolute Gasteiger partial charge is 0.338 e. The van der Waals surface area contributed by atoms with E-state index in [0.717, 1.165) is 12.8 Å². The first-order chi connectivity index (χ1) is 10.0. The zero-order valence-corrected chi connectivity index (χ0v) is 12.1. The Morgan fingerprint density at radius 3 is 2.71 bits per heavy atom. The summed E-state index contributed by atoms with van der Waals surface area (Å²) in [5.74, 6) is -0.160. The first-order valence-corrected chi connectivity index (χ1v) is 7.51. The van der Waals surface area contributed by atoms with Gasteiger partial charge in [0.05, 0.1) is 6.54 Å². The summed E-state index contributed by atoms with van der Waals surface area (Å²) in [6.45, 7) is -0.431. The van der Waals surface area contributed by atoms with Gasteiger partial charge in [-0.25, -0.2) is 8.78 Å². The van der Waals surface area contributed by atoms with Gasteiger partial charge in [0.25, 0.3) is 12.3 Å². The van der Waals surface area contributed by atoms with Crippen LogP contribution in [0.5, 0.6) is 0 Å². The van der Waals surface area contributed by atoms with E-state index in [0.29, 0.717) is 17.8 Å². The fourth-order valence-electron chi connectivity index (χ4n) is 3.61. The molecule has 3 rings (SSSR count). The molecule has 6 heteroatoms. The third-order valence-electron chi connectivity index (χ3n) is 4.70. The number of carbonyl (C=O) groups is 1. The van der Waals surface area contributed by atoms with Gasteiger partial charge in [0.1, 0.15) is 5.69 Å². The van der Waals surface area contributed by atoms with Crippen LogP contribution in [0.25, 0.3) is 0 Å². The topological polar surface area (TPSA) is 37.3 Å². The molecule has 1 amide bonds. The molecule has 2 atom stereocenters. The second-order valence-electron chi connectivity index (χ2n) is 6.12. The molecule has 1 aromatic heterocycles. The predicted octanol–water partition coefficient (Wildman–Crippen LogP) is 2.11. The Labute approximate surface area is 123 Å². The van der Waals surface area contributed by atoms with Crippen LogP contribution in [0.2, 0.25) is 0 Å². The van der Waals surface area contributed by atoms with Gasteiger partial charge >= 0.3 is 0 Å². The lowest BCUT2D eigenvalue weighted by Gasteiger charge is -2.35. The van der Waals surface area contributed by atoms with Crippen molar-refractivity contribution >= 4 is 5.91 Å². The molecule has 4 nitrogen and oxygen atoms in total. The molecule has 2 bridgehead atoms. The summed E-state index contributed by atoms with van der Waals surface area (Å²) in [4.78, 5) is 14.3. The fraction of sp³-hybridized carbons (Fsp3) is 0.667. The van der Waals surface area contributed by atoms with Crippen molar-refractivity contribution in [3.8, 4) is 0 Å². The Morgan fingerprint density at radius 1 is 1.43 bits per heavy atom. The smallest absolute Gasteiger partial charge is 0.270 e. The van der Waals surface area contributed by atoms with Crippen molar-refractivity contribution in [2.75, 3.05) is 7.05 Å². The lowest BCUT2D eigenvalue weighted by Crippen LogP contribution is -2.49. The zero-order chi connectivity index (χ0) is 15.0. The van der Waals surface area contributed by atoms with Gasteiger partial charge in [-0.2, -0.15) is 0 Å². The van der Waals surface area contributed by atoms with Crippen LogP contribution in [0.4, 0.5) is 8.78 Å². The number of hydrogen-bond acceptors (Lipinski definition) is 2. The number of aromatic nitrogens is 1. The molecule has 0 saturated carbocycles. The van der Waals surface area contributed by atoms with Crippen molar-refractivity contribution in [2.45, 2.75) is 56.8 Å². The van der Waals surface area contributed by atoms with Crippen LogP contribution < -0.4 is 5.32 Å². The van der Waals surface area contributed by atoms with Crippen molar-refractivity contribution in [3.05, 3.63) is 24.0 Å². The van der Waals surface area contributed by atoms with Crippen LogP contribution in [0.3, 0.4) is 0 Å². The van der Waals surface area contributed by atoms with Gasteiger partial charge in [0, 0.05) is 31.4 Å². The van der Waals surface area contributed by atoms with E-state index in [1.165, 1.54) is 17.4 Å². The summed E-state index contributed by atoms with van der Waals surface area (Å²) in [7, 11) is 1.79. The van der Waals surface area contributed by atoms with Crippen molar-refractivity contribution < 1.29 is 13.6 Å². The minimum absolute atomic E-state index is 0.160. The summed E-state index contributed by atoms with van der Waals surface area (Å²) in [5, 5.41) is 3.54. The van der Waals surface area contributed by atoms with Gasteiger partial charge in [-0.3, -0.25) is 4.79 Å². The number of alkyl halides is 2. The van der Waals surface area contributed by atoms with E-state index in [-0.39, 0.29) is 11.9 Å². The highest BCUT2D eigenvalue weighted by Gasteiger charge is 2.36. The number of hydrogen-bond donors (Lipinski definition) is 1. The van der Waals surface area contributed by atoms with Gasteiger partial charge < -0.3 is 14.8 Å². The number of halogens is 2. The van der Waals surface area contributed by atoms with Gasteiger partial charge in [0.15, 0.2) is 0 Å². The van der Waals surface area contributed by atoms with Crippen LogP contribution in [0, 0.1) is 0 Å². The molecule has 21 heavy (non-hydrogen) atoms. The summed E-state index contributed by atoms with van der Waals surface area (Å²) >= 11 is 0. The summed E-state index contributed by atoms with van der Waals surface area (Å²) in [6, 6.07) is 4.46. The molecule has 3 heterocycles. The third kappa shape index (κ3) is 2.95. The molecule has 116 valence electrons. The Hall–Kier alpha value is -1.43. The van der Waals surface area contributed by atoms with E-state index < -0.39 is 13.0 Å². The van der Waals surface area contributed by atoms with Crippen LogP contribution >= 0.6 is 0 Å². The molecule has 0 aromatic carbocycles. The Morgan fingerprint density at radius 2 is 2.10 bits per heavy atom. The van der Waals surface area contributed by atoms with Crippen molar-refractivity contribution in [1.29, 1.82) is 0 Å². The summed E-state index contributed by atoms with van der Waals surface area (Å²) in [5.41, 5.74) is 0.351. The van der Waals surface area contributed by atoms with Crippen molar-refractivity contribution in [3.63, 3.8) is 0 Å². The van der Waals surface area contributed by atoms with Gasteiger partial charge in [-0.05, 0) is 37.8 Å². The molecular formula is C15H21F2N3O. The summed E-state index contributed by atoms with van der Waals surface area (Å²) < 4.78 is 26.5. The zero-order valence-electron chi connectivity index (χ0n) is 12.1. The second-order valence-corrected chi connectivity index (χ2v) is 6.12. The average Bonchev–Trinajstić information content (AvgIpc) is 3.03. The molecule has 2 aliphatic rings. The fourth-order valence-corrected chi connectivity index (χ4v) is 3.61. The number of rotatable bonds is 4. The number of nitrogens with one attached hydrogen (secondary N) is 1. The van der Waals surface area contributed by atoms with E-state index in [2.05, 4.69) is 5.32 Å². The van der Waals surface area contributed by atoms with E-state index in [1.54, 1.807) is 30.3 Å². The number of nitrogens with zero attached hydrogens (tertiary/aromatic N) is 2. The predicted molar refractivity (Wildman–Crippen MR) is 75.5 cm³/mol. The highest BCUT2D eigenvalue weighted by atomic mass is 19.3. The van der Waals surface area contributed by atoms with E-state index in [1.807, 2.05) is 0 Å². The lowest BCUT2D eigenvalue weighted by molar-refractivity contribution is 0.0662. The Bertz CT molecular complexity index is 505. The standard InChI is InChI=1S/C15H21F2N3O/c1-19(12-7-10-4-5-11(8-12)18-10)15(21)13-3-2-6-20(13)9-14(16)17/h2-3,6,10-12,14,18H,4-5,7-9H2,1H3. The SMILES string of the molecule is CN(C(=O)c1cccn1CC(F)F)C1CC2CCC(C1)N2. The molecule has 2 unspecified atom stereocenters. The molecule has 2 saturated heterocycles. The highest BCUT2D eigenvalue weighted by Crippen LogP contribution is 2.29. The van der Waals surface area contributed by atoms with E-state index in [4.69, 9.17) is 0 Å². The van der Waals surface area contributed by atoms with E-state index in [9.17, 15) is 13.6 Å². The first-order valence-electron chi connectivity index (χ1n) is 7.51. The van der Waals surface area contributed by atoms with Crippen LogP contribution in [-0.2, 0) is 6.54 Å². The minimum atomic E-state index is -2.45. The number of fused-ring (bicyclic) bond motifs is 2. The molecule has 1 aromatic rings. The van der Waals surface area contributed by atoms with Crippen molar-refractivity contribution in [1.82, 2.24) is 14.8 Å². The Kier molecular flexibility index (Phi) is 3.97. The second kappa shape index (κ2) is 5.75. The lowest BCUT2D eigenvalue weighted by atomic mass is 9.98. The molecule has 0 aliphatic carbocycles. The normalized spacial score (nSPS) is 28.1.